The van der Waals surface area contributed by atoms with Crippen LogP contribution in [0.4, 0.5) is 9.59 Å². The third kappa shape index (κ3) is 26.0. The highest BCUT2D eigenvalue weighted by atomic mass is 16.6. The first kappa shape index (κ1) is 97.8. The van der Waals surface area contributed by atoms with E-state index >= 15 is 24.0 Å². The average Bonchev–Trinajstić information content (AvgIpc) is 1.63. The molecule has 6 aromatic carbocycles. The first-order chi connectivity index (χ1) is 60.8. The fourth-order valence-electron chi connectivity index (χ4n) is 15.1. The van der Waals surface area contributed by atoms with Crippen LogP contribution >= 0.6 is 0 Å². The zero-order valence-corrected chi connectivity index (χ0v) is 76.2. The van der Waals surface area contributed by atoms with Crippen molar-refractivity contribution in [1.29, 1.82) is 0 Å². The molecule has 10 rings (SSSR count). The summed E-state index contributed by atoms with van der Waals surface area (Å²) in [6.07, 6.45) is 2.95. The molecule has 35 nitrogen and oxygen atoms in total. The number of carboxylic acids is 1. The lowest BCUT2D eigenvalue weighted by molar-refractivity contribution is -0.147. The van der Waals surface area contributed by atoms with Crippen LogP contribution in [-0.2, 0) is 106 Å². The fraction of sp³-hybridized carbons (Fsp3) is 0.468. The zero-order valence-electron chi connectivity index (χ0n) is 76.2. The summed E-state index contributed by atoms with van der Waals surface area (Å²) < 4.78 is 36.7. The summed E-state index contributed by atoms with van der Waals surface area (Å²) in [5.41, 5.74) is 5.32. The number of ether oxygens (including phenoxy) is 6. The van der Waals surface area contributed by atoms with E-state index in [-0.39, 0.29) is 77.1 Å². The minimum atomic E-state index is -1.48. The lowest BCUT2D eigenvalue weighted by atomic mass is 9.85. The van der Waals surface area contributed by atoms with Crippen LogP contribution < -0.4 is 41.8 Å². The molecule has 2 fully saturated rings. The number of hydrogen-bond donors (Lipinski definition) is 7. The number of nitrogens with zero attached hydrogens (tertiary/aromatic N) is 10. The number of aliphatic carboxylic acids is 1. The molecule has 12 atom stereocenters. The van der Waals surface area contributed by atoms with E-state index in [2.05, 4.69) is 53.8 Å². The van der Waals surface area contributed by atoms with Crippen LogP contribution in [0.15, 0.2) is 159 Å². The minimum absolute atomic E-state index is 0.0470. The number of likely N-dealkylation sites (N-methyl/N-ethyl adjacent to an activating group) is 2. The van der Waals surface area contributed by atoms with Crippen molar-refractivity contribution in [1.82, 2.24) is 76.2 Å². The molecule has 0 aliphatic carbocycles. The Bertz CT molecular complexity index is 5380. The third-order valence-corrected chi connectivity index (χ3v) is 22.4. The Labute approximate surface area is 750 Å². The minimum Gasteiger partial charge on any atom is -0.487 e. The van der Waals surface area contributed by atoms with Crippen molar-refractivity contribution in [3.63, 3.8) is 0 Å². The highest BCUT2D eigenvalue weighted by molar-refractivity contribution is 5.99. The number of fused-ring (bicyclic) bond motifs is 2. The van der Waals surface area contributed by atoms with Gasteiger partial charge in [0.2, 0.25) is 41.4 Å². The van der Waals surface area contributed by atoms with Crippen molar-refractivity contribution in [2.45, 2.75) is 232 Å². The molecule has 0 radical (unpaired) electrons. The summed E-state index contributed by atoms with van der Waals surface area (Å²) in [6, 6.07) is 24.8. The van der Waals surface area contributed by atoms with Crippen LogP contribution in [-0.4, -0.2) is 239 Å². The molecule has 35 heteroatoms. The SMILES string of the molecule is C=CCOC(=O)C(Cc1ccc(OCc2cn([C@@H]3CCN(C(=O)C(NC(=O)C(C)N(C)C(=O)OC(C)(C)C)C(C)(C)C)[C@@H]3C(=O)NC(Cc3ccc4ccccc4c3)C(=O)O)nn2)cc1)NC(=O)C(Cc1ccc2ccccc2c1)NC(=O)[C@@H]1[C@H](n2cc(COc3ccc(CC(N)C(=O)OC)cc3)nn2)CCN1C(=O)C(NC(=O)C(C)N(C)C(=O)OC(C)(C)C)C(C)(C)C. The molecule has 9 amide bonds. The number of rotatable bonds is 35. The molecule has 4 heterocycles. The van der Waals surface area contributed by atoms with E-state index in [1.165, 1.54) is 60.3 Å². The monoisotopic (exact) mass is 1780 g/mol. The Hall–Kier alpha value is -13.3. The maximum Gasteiger partial charge on any atom is 0.410 e. The number of carboxylic acid groups (broad SMARTS) is 1. The van der Waals surface area contributed by atoms with Gasteiger partial charge in [-0.2, -0.15) is 0 Å². The predicted octanol–water partition coefficient (Wildman–Crippen LogP) is 8.23. The van der Waals surface area contributed by atoms with Gasteiger partial charge in [0.15, 0.2) is 0 Å². The molecule has 0 spiro atoms. The Kier molecular flexibility index (Phi) is 31.9. The molecule has 2 aliphatic heterocycles. The normalized spacial score (nSPS) is 17.2. The lowest BCUT2D eigenvalue weighted by Gasteiger charge is -2.37. The van der Waals surface area contributed by atoms with Crippen molar-refractivity contribution < 1.29 is 91.1 Å². The number of benzene rings is 6. The van der Waals surface area contributed by atoms with Gasteiger partial charge in [0.1, 0.15) is 114 Å². The van der Waals surface area contributed by atoms with Gasteiger partial charge in [-0.05, 0) is 154 Å². The number of amides is 9. The summed E-state index contributed by atoms with van der Waals surface area (Å²) >= 11 is 0. The summed E-state index contributed by atoms with van der Waals surface area (Å²) in [5.74, 6) is -7.14. The van der Waals surface area contributed by atoms with Gasteiger partial charge in [0.05, 0.1) is 31.6 Å². The lowest BCUT2D eigenvalue weighted by Crippen LogP contribution is -2.62. The molecule has 2 aliphatic rings. The number of nitrogens with two attached hydrogens (primary N) is 1. The molecule has 2 aromatic heterocycles. The van der Waals surface area contributed by atoms with Crippen LogP contribution in [0.3, 0.4) is 0 Å². The van der Waals surface area contributed by atoms with E-state index < -0.39 is 166 Å². The molecule has 0 saturated carbocycles. The number of likely N-dealkylation sites (tertiary alicyclic amines) is 2. The van der Waals surface area contributed by atoms with Gasteiger partial charge in [-0.3, -0.25) is 48.2 Å². The smallest absolute Gasteiger partial charge is 0.410 e. The number of nitrogens with one attached hydrogen (secondary N) is 5. The molecule has 8 N–H and O–H groups in total. The van der Waals surface area contributed by atoms with E-state index in [1.807, 2.05) is 78.9 Å². The summed E-state index contributed by atoms with van der Waals surface area (Å²) in [5, 5.41) is 46.2. The van der Waals surface area contributed by atoms with Crippen molar-refractivity contribution in [2.75, 3.05) is 40.9 Å². The largest absolute Gasteiger partial charge is 0.487 e. The summed E-state index contributed by atoms with van der Waals surface area (Å²) in [4.78, 5) is 177. The molecule has 0 bridgehead atoms. The van der Waals surface area contributed by atoms with Gasteiger partial charge in [0, 0.05) is 46.4 Å². The van der Waals surface area contributed by atoms with Gasteiger partial charge in [-0.15, -0.1) is 10.2 Å². The highest BCUT2D eigenvalue weighted by Gasteiger charge is 2.51. The van der Waals surface area contributed by atoms with E-state index in [9.17, 15) is 38.7 Å². The van der Waals surface area contributed by atoms with E-state index in [0.29, 0.717) is 33.9 Å². The van der Waals surface area contributed by atoms with Crippen LogP contribution in [0.1, 0.15) is 155 Å². The quantitative estimate of drug-likeness (QED) is 0.0112. The molecule has 8 unspecified atom stereocenters. The Morgan fingerprint density at radius 3 is 1.29 bits per heavy atom. The van der Waals surface area contributed by atoms with Gasteiger partial charge >= 0.3 is 30.1 Å². The Morgan fingerprint density at radius 2 is 0.891 bits per heavy atom. The summed E-state index contributed by atoms with van der Waals surface area (Å²) in [7, 11) is 4.06. The predicted molar refractivity (Wildman–Crippen MR) is 477 cm³/mol. The third-order valence-electron chi connectivity index (χ3n) is 22.4. The summed E-state index contributed by atoms with van der Waals surface area (Å²) in [6.45, 7) is 26.6. The standard InChI is InChI=1S/C94H120N16O19/c1-19-44-125-88(121)72(48-58-32-38-68(39-33-58)127-54-66-52-110(104-102-66)74-41-43-108(85(117)78(92(7,8)9)100-80(112)56(3)106(17)90(123)129-94(13,14)15)76(74)83(115)97-71(86(118)119)50-60-29-35-62-25-21-23-27-64(62)46-60)98-81(113)70(49-59-28-34-61-24-20-22-26-63(61)45-59)96-82(114)75-73(109-51-65(101-103-109)53-126-67-36-30-57(31-37-67)47-69(95)87(120)124-18)40-42-107(75)84(116)77(91(4,5)6)99-79(111)55(2)105(16)89(122)128-93(10,11)12/h19-39,45-46,51-52,55-56,69-78H,1,40-44,47-50,53-54,95H2,2-18H3,(H,96,114)(H,97,115)(H,98,113)(H,99,111)(H,100,112)(H,118,119)/t55?,56?,69?,70?,71?,72?,73-,74-,75+,76+,77?,78?/m1/s1. The maximum absolute atomic E-state index is 15.9. The van der Waals surface area contributed by atoms with Crippen molar-refractivity contribution in [3.05, 3.63) is 192 Å². The number of aromatic nitrogens is 6. The number of carbonyl (C=O) groups is 12. The van der Waals surface area contributed by atoms with E-state index in [1.54, 1.807) is 150 Å². The fourth-order valence-corrected chi connectivity index (χ4v) is 15.1. The first-order valence-corrected chi connectivity index (χ1v) is 42.9. The van der Waals surface area contributed by atoms with Gasteiger partial charge in [-0.1, -0.05) is 174 Å². The second-order valence-corrected chi connectivity index (χ2v) is 36.8. The second-order valence-electron chi connectivity index (χ2n) is 36.8. The van der Waals surface area contributed by atoms with E-state index in [0.717, 1.165) is 36.9 Å². The Balaban J connectivity index is 0.898. The second kappa shape index (κ2) is 42.1. The first-order valence-electron chi connectivity index (χ1n) is 42.9. The molecule has 8 aromatic rings. The van der Waals surface area contributed by atoms with Crippen LogP contribution in [0, 0.1) is 10.8 Å². The molecular weight excluding hydrogens is 1660 g/mol. The van der Waals surface area contributed by atoms with Crippen LogP contribution in [0.2, 0.25) is 0 Å². The molecular formula is C94H120N16O19. The van der Waals surface area contributed by atoms with Crippen LogP contribution in [0.5, 0.6) is 11.5 Å². The van der Waals surface area contributed by atoms with Gasteiger partial charge < -0.3 is 75.6 Å². The number of methoxy groups -OCH3 is 1. The number of hydrogen-bond acceptors (Lipinski definition) is 23. The number of esters is 2. The topological polar surface area (TPSA) is 441 Å². The molecule has 2 saturated heterocycles. The molecule has 129 heavy (non-hydrogen) atoms. The van der Waals surface area contributed by atoms with E-state index in [4.69, 9.17) is 34.2 Å². The van der Waals surface area contributed by atoms with Crippen LogP contribution in [0.25, 0.3) is 21.5 Å². The van der Waals surface area contributed by atoms with Crippen molar-refractivity contribution >= 4 is 93.0 Å². The Morgan fingerprint density at radius 1 is 0.504 bits per heavy atom. The maximum atomic E-state index is 15.9. The zero-order chi connectivity index (χ0) is 94.3. The highest BCUT2D eigenvalue weighted by Crippen LogP contribution is 2.36. The van der Waals surface area contributed by atoms with Crippen molar-refractivity contribution in [2.24, 2.45) is 16.6 Å². The molecule has 690 valence electrons. The van der Waals surface area contributed by atoms with Crippen molar-refractivity contribution in [3.8, 4) is 11.5 Å². The van der Waals surface area contributed by atoms with Gasteiger partial charge in [-0.25, -0.2) is 28.5 Å². The average molecular weight is 1780 g/mol. The number of carbonyl (C=O) groups excluding carboxylic acids is 11. The van der Waals surface area contributed by atoms with Gasteiger partial charge in [0.25, 0.3) is 0 Å².